The Kier molecular flexibility index (Phi) is 5.43. The van der Waals surface area contributed by atoms with Gasteiger partial charge in [-0.2, -0.15) is 5.26 Å². The zero-order valence-electron chi connectivity index (χ0n) is 12.5. The van der Waals surface area contributed by atoms with E-state index in [9.17, 15) is 9.59 Å². The summed E-state index contributed by atoms with van der Waals surface area (Å²) < 4.78 is 5.30. The molecule has 2 aliphatic carbocycles. The van der Waals surface area contributed by atoms with Gasteiger partial charge in [0.25, 0.3) is 5.91 Å². The molecule has 6 nitrogen and oxygen atoms in total. The molecule has 0 spiro atoms. The standard InChI is InChI=1S/C15H23N3O3/c1-18(10-16)14(19)13(9-11-5-3-2-4-6-11)21-15(20)17-12-7-8-12/h11-13H,2-9H2,1H3,(H,17,20)/t13-/m0/s1. The third-order valence-electron chi connectivity index (χ3n) is 4.18. The normalized spacial score (nSPS) is 20.2. The quantitative estimate of drug-likeness (QED) is 0.622. The molecule has 0 bridgehead atoms. The van der Waals surface area contributed by atoms with Gasteiger partial charge in [0.1, 0.15) is 0 Å². The second-order valence-corrected chi connectivity index (χ2v) is 6.05. The van der Waals surface area contributed by atoms with Crippen LogP contribution in [0.2, 0.25) is 0 Å². The summed E-state index contributed by atoms with van der Waals surface area (Å²) in [6.45, 7) is 0. The minimum atomic E-state index is -0.850. The number of hydrogen-bond acceptors (Lipinski definition) is 4. The van der Waals surface area contributed by atoms with Crippen LogP contribution in [-0.2, 0) is 9.53 Å². The first kappa shape index (κ1) is 15.6. The average Bonchev–Trinajstić information content (AvgIpc) is 3.29. The monoisotopic (exact) mass is 293 g/mol. The van der Waals surface area contributed by atoms with Crippen LogP contribution in [0, 0.1) is 17.4 Å². The molecule has 1 atom stereocenters. The highest BCUT2D eigenvalue weighted by molar-refractivity contribution is 5.84. The molecule has 0 aromatic rings. The van der Waals surface area contributed by atoms with E-state index < -0.39 is 18.1 Å². The van der Waals surface area contributed by atoms with Crippen molar-refractivity contribution in [3.05, 3.63) is 0 Å². The number of ether oxygens (including phenoxy) is 1. The van der Waals surface area contributed by atoms with Gasteiger partial charge in [-0.15, -0.1) is 0 Å². The lowest BCUT2D eigenvalue weighted by Gasteiger charge is -2.26. The maximum Gasteiger partial charge on any atom is 0.408 e. The van der Waals surface area contributed by atoms with E-state index in [-0.39, 0.29) is 6.04 Å². The molecule has 0 saturated heterocycles. The van der Waals surface area contributed by atoms with Gasteiger partial charge in [0.15, 0.2) is 12.3 Å². The van der Waals surface area contributed by atoms with Crippen molar-refractivity contribution >= 4 is 12.0 Å². The SMILES string of the molecule is CN(C#N)C(=O)[C@H](CC1CCCCC1)OC(=O)NC1CC1. The number of nitriles is 1. The summed E-state index contributed by atoms with van der Waals surface area (Å²) in [6, 6.07) is 0.191. The van der Waals surface area contributed by atoms with Gasteiger partial charge in [0.2, 0.25) is 0 Å². The first-order valence-corrected chi connectivity index (χ1v) is 7.74. The Labute approximate surface area is 125 Å². The zero-order valence-corrected chi connectivity index (χ0v) is 12.5. The van der Waals surface area contributed by atoms with Crippen LogP contribution in [0.3, 0.4) is 0 Å². The Morgan fingerprint density at radius 2 is 1.95 bits per heavy atom. The first-order valence-electron chi connectivity index (χ1n) is 7.74. The molecule has 2 amide bonds. The summed E-state index contributed by atoms with van der Waals surface area (Å²) in [5.74, 6) is -0.0393. The van der Waals surface area contributed by atoms with Crippen LogP contribution in [0.5, 0.6) is 0 Å². The molecule has 21 heavy (non-hydrogen) atoms. The summed E-state index contributed by atoms with van der Waals surface area (Å²) in [4.78, 5) is 24.9. The van der Waals surface area contributed by atoms with E-state index in [2.05, 4.69) is 5.32 Å². The Morgan fingerprint density at radius 3 is 2.52 bits per heavy atom. The number of nitrogens with zero attached hydrogens (tertiary/aromatic N) is 2. The molecule has 2 aliphatic rings. The molecule has 0 aromatic heterocycles. The van der Waals surface area contributed by atoms with Crippen molar-refractivity contribution in [2.45, 2.75) is 63.5 Å². The Hall–Kier alpha value is -1.77. The predicted molar refractivity (Wildman–Crippen MR) is 76.0 cm³/mol. The molecule has 1 N–H and O–H groups in total. The van der Waals surface area contributed by atoms with E-state index in [1.54, 1.807) is 6.19 Å². The number of hydrogen-bond donors (Lipinski definition) is 1. The van der Waals surface area contributed by atoms with Crippen molar-refractivity contribution in [3.63, 3.8) is 0 Å². The number of alkyl carbamates (subject to hydrolysis) is 1. The number of carbonyl (C=O) groups is 2. The topological polar surface area (TPSA) is 82.4 Å². The number of carbonyl (C=O) groups excluding carboxylic acids is 2. The van der Waals surface area contributed by atoms with Crippen molar-refractivity contribution < 1.29 is 14.3 Å². The van der Waals surface area contributed by atoms with E-state index in [0.717, 1.165) is 43.4 Å². The molecule has 116 valence electrons. The number of likely N-dealkylation sites (N-methyl/N-ethyl adjacent to an activating group) is 1. The third kappa shape index (κ3) is 4.92. The Morgan fingerprint density at radius 1 is 1.29 bits per heavy atom. The Balaban J connectivity index is 1.92. The van der Waals surface area contributed by atoms with E-state index in [1.165, 1.54) is 13.5 Å². The van der Waals surface area contributed by atoms with E-state index in [4.69, 9.17) is 10.00 Å². The highest BCUT2D eigenvalue weighted by atomic mass is 16.6. The number of amides is 2. The lowest BCUT2D eigenvalue weighted by Crippen LogP contribution is -2.41. The molecule has 0 aromatic carbocycles. The van der Waals surface area contributed by atoms with E-state index in [1.807, 2.05) is 0 Å². The minimum Gasteiger partial charge on any atom is -0.436 e. The molecule has 6 heteroatoms. The van der Waals surface area contributed by atoms with Crippen molar-refractivity contribution in [1.82, 2.24) is 10.2 Å². The second kappa shape index (κ2) is 7.30. The van der Waals surface area contributed by atoms with Crippen molar-refractivity contribution in [2.24, 2.45) is 5.92 Å². The maximum absolute atomic E-state index is 12.2. The third-order valence-corrected chi connectivity index (χ3v) is 4.18. The van der Waals surface area contributed by atoms with Crippen LogP contribution >= 0.6 is 0 Å². The molecule has 0 heterocycles. The van der Waals surface area contributed by atoms with Crippen LogP contribution in [0.25, 0.3) is 0 Å². The molecule has 2 saturated carbocycles. The minimum absolute atomic E-state index is 0.191. The van der Waals surface area contributed by atoms with Gasteiger partial charge >= 0.3 is 6.09 Å². The average molecular weight is 293 g/mol. The highest BCUT2D eigenvalue weighted by Crippen LogP contribution is 2.28. The summed E-state index contributed by atoms with van der Waals surface area (Å²) in [5, 5.41) is 11.6. The van der Waals surface area contributed by atoms with Gasteiger partial charge in [-0.25, -0.2) is 9.69 Å². The van der Waals surface area contributed by atoms with Crippen molar-refractivity contribution in [3.8, 4) is 6.19 Å². The number of rotatable bonds is 5. The summed E-state index contributed by atoms with van der Waals surface area (Å²) >= 11 is 0. The van der Waals surface area contributed by atoms with Gasteiger partial charge in [-0.3, -0.25) is 4.79 Å². The molecule has 0 aliphatic heterocycles. The largest absolute Gasteiger partial charge is 0.436 e. The van der Waals surface area contributed by atoms with Crippen LogP contribution in [0.1, 0.15) is 51.4 Å². The molecule has 0 radical (unpaired) electrons. The molecular weight excluding hydrogens is 270 g/mol. The fourth-order valence-corrected chi connectivity index (χ4v) is 2.75. The van der Waals surface area contributed by atoms with Crippen molar-refractivity contribution in [2.75, 3.05) is 7.05 Å². The van der Waals surface area contributed by atoms with Gasteiger partial charge < -0.3 is 10.1 Å². The molecule has 0 unspecified atom stereocenters. The zero-order chi connectivity index (χ0) is 15.2. The van der Waals surface area contributed by atoms with Gasteiger partial charge in [-0.05, 0) is 25.2 Å². The van der Waals surface area contributed by atoms with E-state index in [0.29, 0.717) is 12.3 Å². The van der Waals surface area contributed by atoms with Crippen molar-refractivity contribution in [1.29, 1.82) is 5.26 Å². The first-order chi connectivity index (χ1) is 10.1. The van der Waals surface area contributed by atoms with Gasteiger partial charge in [0.05, 0.1) is 0 Å². The van der Waals surface area contributed by atoms with Crippen LogP contribution in [0.15, 0.2) is 0 Å². The van der Waals surface area contributed by atoms with Crippen LogP contribution < -0.4 is 5.32 Å². The molecule has 2 rings (SSSR count). The van der Waals surface area contributed by atoms with Crippen LogP contribution in [-0.4, -0.2) is 36.1 Å². The summed E-state index contributed by atoms with van der Waals surface area (Å²) in [7, 11) is 1.40. The summed E-state index contributed by atoms with van der Waals surface area (Å²) in [6.07, 6.45) is 8.52. The maximum atomic E-state index is 12.2. The number of nitrogens with one attached hydrogen (secondary N) is 1. The fraction of sp³-hybridized carbons (Fsp3) is 0.800. The second-order valence-electron chi connectivity index (χ2n) is 6.05. The lowest BCUT2D eigenvalue weighted by molar-refractivity contribution is -0.137. The summed E-state index contributed by atoms with van der Waals surface area (Å²) in [5.41, 5.74) is 0. The predicted octanol–water partition coefficient (Wildman–Crippen LogP) is 2.15. The van der Waals surface area contributed by atoms with Crippen LogP contribution in [0.4, 0.5) is 4.79 Å². The van der Waals surface area contributed by atoms with E-state index >= 15 is 0 Å². The lowest BCUT2D eigenvalue weighted by atomic mass is 9.85. The van der Waals surface area contributed by atoms with Gasteiger partial charge in [0, 0.05) is 13.1 Å². The molecule has 2 fully saturated rings. The highest BCUT2D eigenvalue weighted by Gasteiger charge is 2.32. The fourth-order valence-electron chi connectivity index (χ4n) is 2.75. The molecular formula is C15H23N3O3. The van der Waals surface area contributed by atoms with Gasteiger partial charge in [-0.1, -0.05) is 32.1 Å². The Bertz CT molecular complexity index is 422. The smallest absolute Gasteiger partial charge is 0.408 e.